The van der Waals surface area contributed by atoms with Crippen LogP contribution in [0.1, 0.15) is 21.5 Å². The highest BCUT2D eigenvalue weighted by atomic mass is 19.1. The Bertz CT molecular complexity index is 1270. The first-order valence-electron chi connectivity index (χ1n) is 9.03. The lowest BCUT2D eigenvalue weighted by Gasteiger charge is -2.15. The minimum Gasteiger partial charge on any atom is -0.455 e. The van der Waals surface area contributed by atoms with Gasteiger partial charge < -0.3 is 15.4 Å². The van der Waals surface area contributed by atoms with Crippen LogP contribution in [0.15, 0.2) is 54.9 Å². The molecule has 0 saturated heterocycles. The van der Waals surface area contributed by atoms with Crippen molar-refractivity contribution in [1.82, 2.24) is 14.6 Å². The fourth-order valence-electron chi connectivity index (χ4n) is 3.22. The molecule has 3 heterocycles. The lowest BCUT2D eigenvalue weighted by Crippen LogP contribution is -2.13. The molecule has 1 aliphatic rings. The average molecular weight is 389 g/mol. The number of halogens is 1. The van der Waals surface area contributed by atoms with Gasteiger partial charge in [-0.15, -0.1) is 0 Å². The number of fused-ring (bicyclic) bond motifs is 3. The van der Waals surface area contributed by atoms with E-state index >= 15 is 0 Å². The van der Waals surface area contributed by atoms with Crippen LogP contribution in [-0.4, -0.2) is 20.5 Å². The molecule has 4 aromatic rings. The molecular weight excluding hydrogens is 373 g/mol. The molecule has 0 saturated carbocycles. The van der Waals surface area contributed by atoms with Crippen LogP contribution in [-0.2, 0) is 6.54 Å². The molecule has 5 rings (SSSR count). The number of aromatic nitrogens is 3. The monoisotopic (exact) mass is 389 g/mol. The van der Waals surface area contributed by atoms with E-state index < -0.39 is 0 Å². The number of amides is 1. The molecule has 1 aliphatic heterocycles. The van der Waals surface area contributed by atoms with Gasteiger partial charge in [-0.1, -0.05) is 6.07 Å². The smallest absolute Gasteiger partial charge is 0.261 e. The number of carbonyl (C=O) groups excluding carboxylic acids is 1. The molecule has 1 amide bonds. The number of anilines is 2. The van der Waals surface area contributed by atoms with Gasteiger partial charge >= 0.3 is 0 Å². The topological polar surface area (TPSA) is 80.6 Å². The quantitative estimate of drug-likeness (QED) is 0.472. The summed E-state index contributed by atoms with van der Waals surface area (Å²) in [5, 5.41) is 10.2. The molecule has 0 radical (unpaired) electrons. The molecule has 8 heteroatoms. The van der Waals surface area contributed by atoms with E-state index in [1.54, 1.807) is 24.4 Å². The van der Waals surface area contributed by atoms with Gasteiger partial charge in [0.15, 0.2) is 11.4 Å². The molecule has 0 atom stereocenters. The Morgan fingerprint density at radius 1 is 1.14 bits per heavy atom. The predicted octanol–water partition coefficient (Wildman–Crippen LogP) is 4.15. The lowest BCUT2D eigenvalue weighted by molar-refractivity contribution is 0.102. The molecule has 0 fully saturated rings. The third-order valence-electron chi connectivity index (χ3n) is 4.70. The standard InChI is InChI=1S/C21H16FN5O2/c1-12-2-4-16-18(8-12)29-17-5-3-14(22)9-13(17)10-23-19-6-7-27-20(26-19)15(11-24-27)21(28)25-16/h2-9,11H,10H2,1H3,(H,23,26)(H,25,28). The SMILES string of the molecule is Cc1ccc2c(c1)Oc1ccc(F)cc1CNc1ccn3ncc(c3n1)C(=O)N2. The Hall–Kier alpha value is -3.94. The van der Waals surface area contributed by atoms with E-state index in [0.29, 0.717) is 46.3 Å². The summed E-state index contributed by atoms with van der Waals surface area (Å²) in [5.74, 6) is 0.779. The van der Waals surface area contributed by atoms with E-state index in [9.17, 15) is 9.18 Å². The highest BCUT2D eigenvalue weighted by molar-refractivity contribution is 6.08. The van der Waals surface area contributed by atoms with E-state index in [2.05, 4.69) is 20.7 Å². The van der Waals surface area contributed by atoms with E-state index in [1.165, 1.54) is 22.8 Å². The zero-order valence-corrected chi connectivity index (χ0v) is 15.4. The van der Waals surface area contributed by atoms with Gasteiger partial charge in [0.25, 0.3) is 5.91 Å². The Kier molecular flexibility index (Phi) is 3.90. The summed E-state index contributed by atoms with van der Waals surface area (Å²) in [7, 11) is 0. The minimum absolute atomic E-state index is 0.294. The first-order valence-corrected chi connectivity index (χ1v) is 9.03. The Labute approximate surface area is 165 Å². The Morgan fingerprint density at radius 2 is 2.03 bits per heavy atom. The van der Waals surface area contributed by atoms with Gasteiger partial charge in [-0.05, 0) is 48.9 Å². The van der Waals surface area contributed by atoms with E-state index in [0.717, 1.165) is 5.56 Å². The number of hydrogen-bond donors (Lipinski definition) is 2. The average Bonchev–Trinajstić information content (AvgIpc) is 3.13. The van der Waals surface area contributed by atoms with E-state index in [4.69, 9.17) is 4.74 Å². The van der Waals surface area contributed by atoms with Gasteiger partial charge in [0, 0.05) is 18.3 Å². The number of aryl methyl sites for hydroxylation is 1. The van der Waals surface area contributed by atoms with Crippen molar-refractivity contribution in [3.63, 3.8) is 0 Å². The molecule has 0 unspecified atom stereocenters. The molecule has 7 nitrogen and oxygen atoms in total. The second-order valence-corrected chi connectivity index (χ2v) is 6.80. The highest BCUT2D eigenvalue weighted by Gasteiger charge is 2.18. The number of nitrogens with zero attached hydrogens (tertiary/aromatic N) is 3. The second kappa shape index (κ2) is 6.59. The Morgan fingerprint density at radius 3 is 2.93 bits per heavy atom. The van der Waals surface area contributed by atoms with Crippen LogP contribution in [0.4, 0.5) is 15.9 Å². The number of carbonyl (C=O) groups is 1. The van der Waals surface area contributed by atoms with Gasteiger partial charge in [-0.25, -0.2) is 13.9 Å². The fourth-order valence-corrected chi connectivity index (χ4v) is 3.22. The molecule has 2 N–H and O–H groups in total. The van der Waals surface area contributed by atoms with Crippen LogP contribution >= 0.6 is 0 Å². The predicted molar refractivity (Wildman–Crippen MR) is 106 cm³/mol. The molecule has 0 spiro atoms. The number of benzene rings is 2. The normalized spacial score (nSPS) is 13.2. The van der Waals surface area contributed by atoms with Gasteiger partial charge in [-0.2, -0.15) is 5.10 Å². The molecule has 2 aromatic carbocycles. The van der Waals surface area contributed by atoms with Crippen LogP contribution in [0.3, 0.4) is 0 Å². The molecular formula is C21H16FN5O2. The summed E-state index contributed by atoms with van der Waals surface area (Å²) in [5.41, 5.74) is 2.84. The van der Waals surface area contributed by atoms with Crippen molar-refractivity contribution in [2.24, 2.45) is 0 Å². The van der Waals surface area contributed by atoms with Gasteiger partial charge in [0.05, 0.1) is 11.9 Å². The maximum absolute atomic E-state index is 13.9. The minimum atomic E-state index is -0.363. The summed E-state index contributed by atoms with van der Waals surface area (Å²) in [6.45, 7) is 2.22. The number of ether oxygens (including phenoxy) is 1. The van der Waals surface area contributed by atoms with Crippen molar-refractivity contribution < 1.29 is 13.9 Å². The fraction of sp³-hybridized carbons (Fsp3) is 0.0952. The van der Waals surface area contributed by atoms with Crippen molar-refractivity contribution in [1.29, 1.82) is 0 Å². The highest BCUT2D eigenvalue weighted by Crippen LogP contribution is 2.34. The molecule has 2 aromatic heterocycles. The van der Waals surface area contributed by atoms with Crippen LogP contribution in [0.2, 0.25) is 0 Å². The van der Waals surface area contributed by atoms with Crippen molar-refractivity contribution in [3.8, 4) is 11.5 Å². The number of nitrogens with one attached hydrogen (secondary N) is 2. The Balaban J connectivity index is 1.70. The summed E-state index contributed by atoms with van der Waals surface area (Å²) in [6, 6.07) is 11.5. The second-order valence-electron chi connectivity index (χ2n) is 6.80. The maximum atomic E-state index is 13.9. The summed E-state index contributed by atoms with van der Waals surface area (Å²) < 4.78 is 21.5. The summed E-state index contributed by atoms with van der Waals surface area (Å²) in [6.07, 6.45) is 3.18. The molecule has 29 heavy (non-hydrogen) atoms. The van der Waals surface area contributed by atoms with Gasteiger partial charge in [0.2, 0.25) is 0 Å². The summed E-state index contributed by atoms with van der Waals surface area (Å²) >= 11 is 0. The van der Waals surface area contributed by atoms with Gasteiger partial charge in [0.1, 0.15) is 22.9 Å². The summed E-state index contributed by atoms with van der Waals surface area (Å²) in [4.78, 5) is 17.4. The first-order chi connectivity index (χ1) is 14.1. The largest absolute Gasteiger partial charge is 0.455 e. The molecule has 0 aliphatic carbocycles. The maximum Gasteiger partial charge on any atom is 0.261 e. The van der Waals surface area contributed by atoms with Gasteiger partial charge in [-0.3, -0.25) is 4.79 Å². The van der Waals surface area contributed by atoms with Crippen LogP contribution in [0, 0.1) is 12.7 Å². The van der Waals surface area contributed by atoms with Crippen molar-refractivity contribution >= 4 is 23.1 Å². The van der Waals surface area contributed by atoms with Crippen molar-refractivity contribution in [2.45, 2.75) is 13.5 Å². The zero-order valence-electron chi connectivity index (χ0n) is 15.4. The van der Waals surface area contributed by atoms with Crippen molar-refractivity contribution in [3.05, 3.63) is 77.4 Å². The zero-order chi connectivity index (χ0) is 20.0. The van der Waals surface area contributed by atoms with E-state index in [1.807, 2.05) is 19.1 Å². The van der Waals surface area contributed by atoms with Crippen LogP contribution in [0.5, 0.6) is 11.5 Å². The molecule has 144 valence electrons. The van der Waals surface area contributed by atoms with Crippen LogP contribution < -0.4 is 15.4 Å². The third-order valence-corrected chi connectivity index (χ3v) is 4.70. The van der Waals surface area contributed by atoms with Crippen molar-refractivity contribution in [2.75, 3.05) is 10.6 Å². The number of hydrogen-bond acceptors (Lipinski definition) is 5. The van der Waals surface area contributed by atoms with Crippen LogP contribution in [0.25, 0.3) is 5.65 Å². The lowest BCUT2D eigenvalue weighted by atomic mass is 10.1. The van der Waals surface area contributed by atoms with E-state index in [-0.39, 0.29) is 11.7 Å². The third kappa shape index (κ3) is 3.14. The molecule has 2 bridgehead atoms. The number of rotatable bonds is 0. The first kappa shape index (κ1) is 17.2.